The van der Waals surface area contributed by atoms with Gasteiger partial charge >= 0.3 is 17.5 Å². The molecule has 472 valence electrons. The number of aromatic nitrogens is 19. The van der Waals surface area contributed by atoms with Crippen LogP contribution >= 0.6 is 0 Å². The Morgan fingerprint density at radius 1 is 0.524 bits per heavy atom. The SMILES string of the molecule is CC.CC.CC.CC.CC.CC.CC1=[N+](C)CC=C1.CC1=[N+](C)CC=N1.CC1=[N+](C)CN=C1.Cc1cc[n+](C)n1C.Cc1nc(C)[n+](C)n1C.Cc1ncnc[n+]1C.Cc1nnc(C)[n+](C)n1.Cc1nncc[n+]1C.Cc1nnnc(C)[n+]1C. The van der Waals surface area contributed by atoms with Crippen molar-refractivity contribution in [2.24, 2.45) is 66.4 Å². The molecule has 0 atom stereocenters. The van der Waals surface area contributed by atoms with E-state index in [0.29, 0.717) is 5.82 Å². The third-order valence-electron chi connectivity index (χ3n) is 11.5. The average Bonchev–Trinajstić information content (AvgIpc) is 4.37. The van der Waals surface area contributed by atoms with E-state index in [4.69, 9.17) is 0 Å². The van der Waals surface area contributed by atoms with Crippen LogP contribution in [-0.4, -0.2) is 150 Å². The van der Waals surface area contributed by atoms with Crippen LogP contribution in [0.15, 0.2) is 59.4 Å². The molecule has 3 aliphatic rings. The minimum atomic E-state index is 0.697. The Bertz CT molecular complexity index is 2610. The molecular weight excluding hydrogens is 1060 g/mol. The normalized spacial score (nSPS) is 11.1. The number of aryl methyl sites for hydroxylation is 13. The molecular formula is C60H121N24+9. The Kier molecular flexibility index (Phi) is 56.9. The first kappa shape index (κ1) is 87.6. The summed E-state index contributed by atoms with van der Waals surface area (Å²) in [5, 5.41) is 30.1. The van der Waals surface area contributed by atoms with Crippen LogP contribution < -0.4 is 27.7 Å². The monoisotopic (exact) mass is 1180 g/mol. The van der Waals surface area contributed by atoms with Crippen LogP contribution in [0.4, 0.5) is 0 Å². The number of hydrogen-bond acceptors (Lipinski definition) is 13. The van der Waals surface area contributed by atoms with Gasteiger partial charge in [-0.15, -0.1) is 9.36 Å². The van der Waals surface area contributed by atoms with Gasteiger partial charge in [-0.25, -0.2) is 27.8 Å². The van der Waals surface area contributed by atoms with Gasteiger partial charge in [0.05, 0.1) is 64.4 Å². The smallest absolute Gasteiger partial charge is 0.258 e. The summed E-state index contributed by atoms with van der Waals surface area (Å²) in [6.45, 7) is 50.4. The molecule has 9 heterocycles. The van der Waals surface area contributed by atoms with Gasteiger partial charge in [0.2, 0.25) is 24.6 Å². The van der Waals surface area contributed by atoms with Gasteiger partial charge in [0, 0.05) is 98.5 Å². The third-order valence-corrected chi connectivity index (χ3v) is 11.5. The average molecular weight is 1180 g/mol. The van der Waals surface area contributed by atoms with Crippen LogP contribution in [0.2, 0.25) is 0 Å². The third kappa shape index (κ3) is 39.7. The van der Waals surface area contributed by atoms with E-state index in [1.54, 1.807) is 17.2 Å². The lowest BCUT2D eigenvalue weighted by Crippen LogP contribution is -2.39. The fourth-order valence-electron chi connectivity index (χ4n) is 5.06. The largest absolute Gasteiger partial charge is 0.343 e. The van der Waals surface area contributed by atoms with Gasteiger partial charge in [0.15, 0.2) is 37.4 Å². The first-order valence-electron chi connectivity index (χ1n) is 29.3. The predicted molar refractivity (Wildman–Crippen MR) is 341 cm³/mol. The van der Waals surface area contributed by atoms with Gasteiger partial charge in [-0.05, 0) is 28.2 Å². The van der Waals surface area contributed by atoms with Crippen molar-refractivity contribution >= 4 is 29.7 Å². The van der Waals surface area contributed by atoms with Crippen LogP contribution in [-0.2, 0) is 56.4 Å². The maximum absolute atomic E-state index is 4.24. The Hall–Kier alpha value is -7.66. The van der Waals surface area contributed by atoms with Gasteiger partial charge in [-0.1, -0.05) is 103 Å². The fraction of sp³-hybridized carbons (Fsp3) is 0.633. The summed E-state index contributed by atoms with van der Waals surface area (Å²) in [6.07, 6.45) is 16.9. The second-order valence-electron chi connectivity index (χ2n) is 17.0. The lowest BCUT2D eigenvalue weighted by Gasteiger charge is -1.91. The van der Waals surface area contributed by atoms with Crippen molar-refractivity contribution in [2.75, 3.05) is 40.9 Å². The lowest BCUT2D eigenvalue weighted by molar-refractivity contribution is -0.757. The molecule has 3 aliphatic heterocycles. The second-order valence-corrected chi connectivity index (χ2v) is 17.0. The highest BCUT2D eigenvalue weighted by Crippen LogP contribution is 1.90. The second kappa shape index (κ2) is 54.6. The molecule has 0 aliphatic carbocycles. The van der Waals surface area contributed by atoms with Crippen LogP contribution in [0.1, 0.15) is 156 Å². The predicted octanol–water partition coefficient (Wildman–Crippen LogP) is 4.94. The van der Waals surface area contributed by atoms with Gasteiger partial charge in [-0.2, -0.15) is 14.0 Å². The number of likely N-dealkylation sites (N-methyl/N-ethyl adjacent to an activating group) is 1. The van der Waals surface area contributed by atoms with Crippen molar-refractivity contribution in [3.63, 3.8) is 0 Å². The number of nitrogens with zero attached hydrogens (tertiary/aromatic N) is 24. The van der Waals surface area contributed by atoms with Crippen LogP contribution in [0.25, 0.3) is 0 Å². The van der Waals surface area contributed by atoms with Gasteiger partial charge in [-0.3, -0.25) is 4.58 Å². The van der Waals surface area contributed by atoms with E-state index in [-0.39, 0.29) is 0 Å². The van der Waals surface area contributed by atoms with Gasteiger partial charge < -0.3 is 0 Å². The molecule has 24 heteroatoms. The van der Waals surface area contributed by atoms with Gasteiger partial charge in [0.1, 0.15) is 52.3 Å². The van der Waals surface area contributed by atoms with E-state index in [2.05, 4.69) is 130 Å². The summed E-state index contributed by atoms with van der Waals surface area (Å²) in [5.41, 5.74) is 3.90. The maximum atomic E-state index is 4.24. The highest BCUT2D eigenvalue weighted by molar-refractivity contribution is 6.27. The molecule has 84 heavy (non-hydrogen) atoms. The number of amidine groups is 1. The number of allylic oxidation sites excluding steroid dienone is 1. The Morgan fingerprint density at radius 3 is 1.30 bits per heavy atom. The number of aliphatic imine (C=N–C) groups is 2. The topological polar surface area (TPSA) is 209 Å². The van der Waals surface area contributed by atoms with E-state index in [9.17, 15) is 0 Å². The summed E-state index contributed by atoms with van der Waals surface area (Å²) in [4.78, 5) is 20.0. The van der Waals surface area contributed by atoms with Crippen molar-refractivity contribution in [1.29, 1.82) is 0 Å². The zero-order valence-corrected chi connectivity index (χ0v) is 59.6. The first-order valence-corrected chi connectivity index (χ1v) is 29.3. The van der Waals surface area contributed by atoms with E-state index < -0.39 is 0 Å². The maximum Gasteiger partial charge on any atom is 0.343 e. The molecule has 0 amide bonds. The molecule has 9 rings (SSSR count). The molecule has 0 unspecified atom stereocenters. The molecule has 0 radical (unpaired) electrons. The van der Waals surface area contributed by atoms with Crippen LogP contribution in [0.5, 0.6) is 0 Å². The van der Waals surface area contributed by atoms with Crippen LogP contribution in [0.3, 0.4) is 0 Å². The van der Waals surface area contributed by atoms with E-state index >= 15 is 0 Å². The summed E-state index contributed by atoms with van der Waals surface area (Å²) in [7, 11) is 21.8. The lowest BCUT2D eigenvalue weighted by atomic mass is 10.4. The Morgan fingerprint density at radius 2 is 1.08 bits per heavy atom. The first-order chi connectivity index (χ1) is 39.8. The Balaban J connectivity index is -0.000000199. The molecule has 6 aromatic heterocycles. The summed E-state index contributed by atoms with van der Waals surface area (Å²) in [5.74, 6) is 8.38. The highest BCUT2D eigenvalue weighted by atomic mass is 15.4. The van der Waals surface area contributed by atoms with Crippen molar-refractivity contribution in [3.05, 3.63) is 102 Å². The van der Waals surface area contributed by atoms with Crippen molar-refractivity contribution in [1.82, 2.24) is 65.2 Å². The summed E-state index contributed by atoms with van der Waals surface area (Å²) in [6, 6.07) is 2.08. The van der Waals surface area contributed by atoms with Crippen molar-refractivity contribution < 1.29 is 41.5 Å². The summed E-state index contributed by atoms with van der Waals surface area (Å²) < 4.78 is 21.9. The van der Waals surface area contributed by atoms with E-state index in [1.807, 2.05) is 268 Å². The minimum absolute atomic E-state index is 0.697. The van der Waals surface area contributed by atoms with Crippen molar-refractivity contribution in [2.45, 2.75) is 166 Å². The number of rotatable bonds is 0. The molecule has 0 saturated heterocycles. The fourth-order valence-corrected chi connectivity index (χ4v) is 5.06. The molecule has 0 bridgehead atoms. The molecule has 0 spiro atoms. The molecule has 0 N–H and O–H groups in total. The molecule has 6 aromatic rings. The highest BCUT2D eigenvalue weighted by Gasteiger charge is 2.11. The van der Waals surface area contributed by atoms with Crippen molar-refractivity contribution in [3.8, 4) is 0 Å². The minimum Gasteiger partial charge on any atom is -0.258 e. The molecule has 0 saturated carbocycles. The molecule has 0 aromatic carbocycles. The summed E-state index contributed by atoms with van der Waals surface area (Å²) >= 11 is 0. The zero-order chi connectivity index (χ0) is 66.7. The number of hydrogen-bond donors (Lipinski definition) is 0. The van der Waals surface area contributed by atoms with Gasteiger partial charge in [0.25, 0.3) is 29.6 Å². The van der Waals surface area contributed by atoms with E-state index in [1.165, 1.54) is 23.4 Å². The molecule has 24 nitrogen and oxygen atoms in total. The van der Waals surface area contributed by atoms with E-state index in [0.717, 1.165) is 66.4 Å². The molecule has 0 fully saturated rings. The quantitative estimate of drug-likeness (QED) is 0.186. The zero-order valence-electron chi connectivity index (χ0n) is 59.6. The standard InChI is InChI=1S/C6H12N3.C6H11N2.C6H10N.2C5H9N4.2C5H8N3.2C5H9N2.6C2H6/c1-5-7-6(2)9(4)8(5)3;1-6-4-5-7(2)8(6)3;1-6-4-3-5-7(6)2;1-4-6-8-7-5(2)9(4)3;1-4-6-7-5(2)9(3)8-4;1-5-7-3-6-4-8(5)2;1-5-7-6-3-4-8(5)2;1-5-3-6-4-7(5)2;1-5-6-3-4-7(5)2;6*1-2/h1-4H3;4-5H,1-3H3;3-4H,5H2,1-2H3;2*1-3H3;2*3-4H,1-2H3;2*3H,4H2,1-2H3;6*1-2H3/q9*+1;;;;;;. The Labute approximate surface area is 509 Å². The van der Waals surface area contributed by atoms with Crippen LogP contribution in [0, 0.1) is 62.3 Å².